The maximum Gasteiger partial charge on any atom is 0.191 e. The van der Waals surface area contributed by atoms with Crippen LogP contribution >= 0.6 is 0 Å². The van der Waals surface area contributed by atoms with Crippen molar-refractivity contribution in [2.75, 3.05) is 13.6 Å². The highest BCUT2D eigenvalue weighted by Gasteiger charge is 1.99. The van der Waals surface area contributed by atoms with Crippen LogP contribution < -0.4 is 10.6 Å². The number of pyridine rings is 2. The Labute approximate surface area is 119 Å². The summed E-state index contributed by atoms with van der Waals surface area (Å²) in [6, 6.07) is 11.8. The first kappa shape index (κ1) is 14.0. The van der Waals surface area contributed by atoms with Gasteiger partial charge >= 0.3 is 0 Å². The first-order valence-corrected chi connectivity index (χ1v) is 6.63. The Kier molecular flexibility index (Phi) is 5.52. The molecule has 0 spiro atoms. The number of nitrogens with zero attached hydrogens (tertiary/aromatic N) is 3. The van der Waals surface area contributed by atoms with Gasteiger partial charge in [0.2, 0.25) is 0 Å². The van der Waals surface area contributed by atoms with Gasteiger partial charge < -0.3 is 10.6 Å². The molecule has 2 rings (SSSR count). The van der Waals surface area contributed by atoms with Gasteiger partial charge in [0.05, 0.1) is 12.2 Å². The summed E-state index contributed by atoms with van der Waals surface area (Å²) < 4.78 is 0. The molecule has 0 amide bonds. The molecule has 2 N–H and O–H groups in total. The SMILES string of the molecule is CN=C(NCCc1ccccn1)NCc1ccccn1. The fraction of sp³-hybridized carbons (Fsp3) is 0.267. The van der Waals surface area contributed by atoms with Crippen LogP contribution in [0.2, 0.25) is 0 Å². The van der Waals surface area contributed by atoms with Gasteiger partial charge in [-0.3, -0.25) is 15.0 Å². The third kappa shape index (κ3) is 4.68. The van der Waals surface area contributed by atoms with Crippen LogP contribution in [0.15, 0.2) is 53.8 Å². The summed E-state index contributed by atoms with van der Waals surface area (Å²) in [5.74, 6) is 0.770. The van der Waals surface area contributed by atoms with Gasteiger partial charge in [-0.2, -0.15) is 0 Å². The van der Waals surface area contributed by atoms with Gasteiger partial charge in [0.1, 0.15) is 0 Å². The van der Waals surface area contributed by atoms with Crippen LogP contribution in [0.1, 0.15) is 11.4 Å². The lowest BCUT2D eigenvalue weighted by Gasteiger charge is -2.11. The molecule has 5 heteroatoms. The molecular weight excluding hydrogens is 250 g/mol. The number of aromatic nitrogens is 2. The van der Waals surface area contributed by atoms with Gasteiger partial charge in [-0.25, -0.2) is 0 Å². The van der Waals surface area contributed by atoms with E-state index in [-0.39, 0.29) is 0 Å². The Morgan fingerprint density at radius 1 is 1.00 bits per heavy atom. The second-order valence-electron chi connectivity index (χ2n) is 4.24. The van der Waals surface area contributed by atoms with E-state index in [1.165, 1.54) is 0 Å². The average molecular weight is 269 g/mol. The van der Waals surface area contributed by atoms with E-state index in [9.17, 15) is 0 Å². The maximum absolute atomic E-state index is 4.28. The first-order chi connectivity index (χ1) is 9.88. The van der Waals surface area contributed by atoms with Crippen molar-refractivity contribution < 1.29 is 0 Å². The summed E-state index contributed by atoms with van der Waals surface area (Å²) in [6.45, 7) is 1.45. The molecule has 2 heterocycles. The molecular formula is C15H19N5. The number of rotatable bonds is 5. The summed E-state index contributed by atoms with van der Waals surface area (Å²) in [5, 5.41) is 6.49. The zero-order valence-electron chi connectivity index (χ0n) is 11.6. The quantitative estimate of drug-likeness (QED) is 0.636. The van der Waals surface area contributed by atoms with Crippen LogP contribution in [0.3, 0.4) is 0 Å². The lowest BCUT2D eigenvalue weighted by atomic mass is 10.3. The molecule has 0 aliphatic rings. The maximum atomic E-state index is 4.28. The molecule has 0 aliphatic carbocycles. The largest absolute Gasteiger partial charge is 0.356 e. The molecule has 0 atom stereocenters. The Balaban J connectivity index is 1.73. The fourth-order valence-corrected chi connectivity index (χ4v) is 1.75. The zero-order valence-corrected chi connectivity index (χ0v) is 11.6. The van der Waals surface area contributed by atoms with E-state index < -0.39 is 0 Å². The standard InChI is InChI=1S/C15H19N5/c1-16-15(20-12-14-7-3-5-10-18-14)19-11-8-13-6-2-4-9-17-13/h2-7,9-10H,8,11-12H2,1H3,(H2,16,19,20). The molecule has 5 nitrogen and oxygen atoms in total. The van der Waals surface area contributed by atoms with E-state index in [1.54, 1.807) is 13.2 Å². The molecule has 2 aromatic heterocycles. The number of guanidine groups is 1. The lowest BCUT2D eigenvalue weighted by molar-refractivity contribution is 0.775. The van der Waals surface area contributed by atoms with Crippen LogP contribution in [-0.4, -0.2) is 29.5 Å². The number of nitrogens with one attached hydrogen (secondary N) is 2. The van der Waals surface area contributed by atoms with Crippen molar-refractivity contribution in [3.8, 4) is 0 Å². The summed E-state index contributed by atoms with van der Waals surface area (Å²) in [6.07, 6.45) is 4.46. The second-order valence-corrected chi connectivity index (χ2v) is 4.24. The van der Waals surface area contributed by atoms with Crippen molar-refractivity contribution in [1.29, 1.82) is 0 Å². The molecule has 0 radical (unpaired) electrons. The number of hydrogen-bond donors (Lipinski definition) is 2. The van der Waals surface area contributed by atoms with E-state index in [1.807, 2.05) is 42.6 Å². The predicted octanol–water partition coefficient (Wildman–Crippen LogP) is 1.38. The fourth-order valence-electron chi connectivity index (χ4n) is 1.75. The van der Waals surface area contributed by atoms with Crippen LogP contribution in [0.5, 0.6) is 0 Å². The van der Waals surface area contributed by atoms with Crippen LogP contribution in [0, 0.1) is 0 Å². The molecule has 0 saturated carbocycles. The minimum Gasteiger partial charge on any atom is -0.356 e. The van der Waals surface area contributed by atoms with Crippen LogP contribution in [0.25, 0.3) is 0 Å². The highest BCUT2D eigenvalue weighted by Crippen LogP contribution is 1.94. The normalized spacial score (nSPS) is 11.2. The average Bonchev–Trinajstić information content (AvgIpc) is 2.52. The van der Waals surface area contributed by atoms with Crippen LogP contribution in [-0.2, 0) is 13.0 Å². The highest BCUT2D eigenvalue weighted by molar-refractivity contribution is 5.79. The van der Waals surface area contributed by atoms with Crippen molar-refractivity contribution >= 4 is 5.96 Å². The van der Waals surface area contributed by atoms with Crippen molar-refractivity contribution in [3.05, 3.63) is 60.2 Å². The molecule has 0 unspecified atom stereocenters. The molecule has 0 saturated heterocycles. The van der Waals surface area contributed by atoms with Crippen molar-refractivity contribution in [1.82, 2.24) is 20.6 Å². The van der Waals surface area contributed by atoms with E-state index >= 15 is 0 Å². The smallest absolute Gasteiger partial charge is 0.191 e. The summed E-state index contributed by atoms with van der Waals surface area (Å²) in [4.78, 5) is 12.7. The first-order valence-electron chi connectivity index (χ1n) is 6.63. The van der Waals surface area contributed by atoms with Crippen LogP contribution in [0.4, 0.5) is 0 Å². The Hall–Kier alpha value is -2.43. The lowest BCUT2D eigenvalue weighted by Crippen LogP contribution is -2.38. The molecule has 2 aromatic rings. The van der Waals surface area contributed by atoms with Crippen molar-refractivity contribution in [3.63, 3.8) is 0 Å². The molecule has 0 aliphatic heterocycles. The van der Waals surface area contributed by atoms with Gasteiger partial charge in [0.25, 0.3) is 0 Å². The summed E-state index contributed by atoms with van der Waals surface area (Å²) >= 11 is 0. The van der Waals surface area contributed by atoms with Gasteiger partial charge in [-0.15, -0.1) is 0 Å². The third-order valence-electron chi connectivity index (χ3n) is 2.79. The minimum atomic E-state index is 0.657. The molecule has 0 bridgehead atoms. The predicted molar refractivity (Wildman–Crippen MR) is 80.4 cm³/mol. The second kappa shape index (κ2) is 7.89. The third-order valence-corrected chi connectivity index (χ3v) is 2.79. The van der Waals surface area contributed by atoms with Gasteiger partial charge in [0.15, 0.2) is 5.96 Å². The molecule has 20 heavy (non-hydrogen) atoms. The Morgan fingerprint density at radius 2 is 1.70 bits per heavy atom. The van der Waals surface area contributed by atoms with E-state index in [0.717, 1.165) is 30.3 Å². The van der Waals surface area contributed by atoms with Crippen molar-refractivity contribution in [2.24, 2.45) is 4.99 Å². The van der Waals surface area contributed by atoms with Gasteiger partial charge in [-0.05, 0) is 24.3 Å². The topological polar surface area (TPSA) is 62.2 Å². The van der Waals surface area contributed by atoms with E-state index in [4.69, 9.17) is 0 Å². The summed E-state index contributed by atoms with van der Waals surface area (Å²) in [5.41, 5.74) is 2.06. The minimum absolute atomic E-state index is 0.657. The highest BCUT2D eigenvalue weighted by atomic mass is 15.2. The van der Waals surface area contributed by atoms with Gasteiger partial charge in [0, 0.05) is 38.1 Å². The summed E-state index contributed by atoms with van der Waals surface area (Å²) in [7, 11) is 1.76. The van der Waals surface area contributed by atoms with Crippen molar-refractivity contribution in [2.45, 2.75) is 13.0 Å². The molecule has 0 fully saturated rings. The number of hydrogen-bond acceptors (Lipinski definition) is 3. The number of aliphatic imine (C=N–C) groups is 1. The Morgan fingerprint density at radius 3 is 2.30 bits per heavy atom. The van der Waals surface area contributed by atoms with E-state index in [2.05, 4.69) is 25.6 Å². The molecule has 0 aromatic carbocycles. The Bertz CT molecular complexity index is 524. The monoisotopic (exact) mass is 269 g/mol. The molecule has 104 valence electrons. The van der Waals surface area contributed by atoms with E-state index in [0.29, 0.717) is 6.54 Å². The van der Waals surface area contributed by atoms with Gasteiger partial charge in [-0.1, -0.05) is 12.1 Å². The zero-order chi connectivity index (χ0) is 14.0.